The molecule has 0 aliphatic rings. The summed E-state index contributed by atoms with van der Waals surface area (Å²) in [6.45, 7) is 0. The Hall–Kier alpha value is -2.65. The normalized spacial score (nSPS) is 10.7. The number of nitrogens with zero attached hydrogens (tertiary/aromatic N) is 1. The molecule has 4 aromatic rings. The van der Waals surface area contributed by atoms with Crippen molar-refractivity contribution < 1.29 is 0 Å². The number of benzene rings is 3. The predicted molar refractivity (Wildman–Crippen MR) is 121 cm³/mol. The van der Waals surface area contributed by atoms with Crippen molar-refractivity contribution in [1.82, 2.24) is 0 Å². The van der Waals surface area contributed by atoms with Crippen LogP contribution in [0.4, 0.5) is 16.4 Å². The van der Waals surface area contributed by atoms with Crippen LogP contribution in [0.3, 0.4) is 0 Å². The minimum Gasteiger partial charge on any atom is -0.407 e. The van der Waals surface area contributed by atoms with Gasteiger partial charge in [-0.1, -0.05) is 71.6 Å². The van der Waals surface area contributed by atoms with Crippen LogP contribution in [0.25, 0.3) is 10.1 Å². The Morgan fingerprint density at radius 3 is 2.35 bits per heavy atom. The van der Waals surface area contributed by atoms with Gasteiger partial charge >= 0.3 is 0 Å². The molecule has 0 unspecified atom stereocenters. The number of anilines is 3. The van der Waals surface area contributed by atoms with Gasteiger partial charge in [0.25, 0.3) is 7.41 Å². The third kappa shape index (κ3) is 3.49. The Kier molecular flexibility index (Phi) is 4.72. The molecule has 1 N–H and O–H groups in total. The molecule has 0 atom stereocenters. The van der Waals surface area contributed by atoms with Crippen LogP contribution in [0.1, 0.15) is 0 Å². The van der Waals surface area contributed by atoms with Crippen molar-refractivity contribution in [3.8, 4) is 0 Å². The summed E-state index contributed by atoms with van der Waals surface area (Å²) in [4.78, 5) is 2.33. The summed E-state index contributed by atoms with van der Waals surface area (Å²) in [5.41, 5.74) is 4.92. The van der Waals surface area contributed by atoms with E-state index in [4.69, 9.17) is 0 Å². The molecule has 0 fully saturated rings. The van der Waals surface area contributed by atoms with Gasteiger partial charge in [0.2, 0.25) is 0 Å². The van der Waals surface area contributed by atoms with Crippen molar-refractivity contribution in [1.29, 1.82) is 0 Å². The molecule has 0 aliphatic carbocycles. The number of nitrogens with one attached hydrogen (secondary N) is 1. The van der Waals surface area contributed by atoms with Gasteiger partial charge in [0.1, 0.15) is 12.8 Å². The minimum absolute atomic E-state index is 0.885. The van der Waals surface area contributed by atoms with E-state index in [-0.39, 0.29) is 0 Å². The summed E-state index contributed by atoms with van der Waals surface area (Å²) in [6.07, 6.45) is 0. The van der Waals surface area contributed by atoms with Gasteiger partial charge in [-0.2, -0.15) is 0 Å². The van der Waals surface area contributed by atoms with Gasteiger partial charge in [-0.15, -0.1) is 11.3 Å². The average Bonchev–Trinajstić information content (AvgIpc) is 3.03. The van der Waals surface area contributed by atoms with Gasteiger partial charge in [-0.25, -0.2) is 0 Å². The van der Waals surface area contributed by atoms with Crippen molar-refractivity contribution in [2.45, 2.75) is 0 Å². The van der Waals surface area contributed by atoms with Crippen molar-refractivity contribution in [2.75, 3.05) is 17.2 Å². The van der Waals surface area contributed by atoms with E-state index >= 15 is 0 Å². The van der Waals surface area contributed by atoms with Crippen LogP contribution >= 0.6 is 11.3 Å². The van der Waals surface area contributed by atoms with E-state index < -0.39 is 0 Å². The lowest BCUT2D eigenvalue weighted by Crippen LogP contribution is -2.32. The van der Waals surface area contributed by atoms with E-state index in [9.17, 15) is 0 Å². The van der Waals surface area contributed by atoms with Crippen molar-refractivity contribution in [2.24, 2.45) is 0 Å². The van der Waals surface area contributed by atoms with Crippen molar-refractivity contribution >= 4 is 64.0 Å². The van der Waals surface area contributed by atoms with E-state index in [1.54, 1.807) is 0 Å². The van der Waals surface area contributed by atoms with E-state index in [0.29, 0.717) is 0 Å². The largest absolute Gasteiger partial charge is 0.407 e. The SMILES string of the molecule is Bc1ccc(BN(C)c2sc3ccccc3c2Nc2ccccc2)cc1. The van der Waals surface area contributed by atoms with Gasteiger partial charge in [0.05, 0.1) is 5.69 Å². The highest BCUT2D eigenvalue weighted by atomic mass is 32.1. The summed E-state index contributed by atoms with van der Waals surface area (Å²) in [7, 11) is 5.18. The van der Waals surface area contributed by atoms with Gasteiger partial charge in [0.15, 0.2) is 0 Å². The quantitative estimate of drug-likeness (QED) is 0.555. The molecule has 0 amide bonds. The Labute approximate surface area is 160 Å². The fourth-order valence-electron chi connectivity index (χ4n) is 3.13. The van der Waals surface area contributed by atoms with Crippen LogP contribution in [-0.4, -0.2) is 22.3 Å². The smallest absolute Gasteiger partial charge is 0.270 e. The molecule has 26 heavy (non-hydrogen) atoms. The van der Waals surface area contributed by atoms with Crippen LogP contribution in [-0.2, 0) is 0 Å². The maximum atomic E-state index is 3.64. The highest BCUT2D eigenvalue weighted by molar-refractivity contribution is 7.24. The van der Waals surface area contributed by atoms with Crippen molar-refractivity contribution in [3.05, 3.63) is 78.9 Å². The molecule has 3 aromatic carbocycles. The van der Waals surface area contributed by atoms with E-state index in [1.807, 2.05) is 17.4 Å². The molecule has 0 aliphatic heterocycles. The van der Waals surface area contributed by atoms with E-state index in [0.717, 1.165) is 13.1 Å². The Bertz CT molecular complexity index is 1010. The Morgan fingerprint density at radius 1 is 0.885 bits per heavy atom. The van der Waals surface area contributed by atoms with E-state index in [1.165, 1.54) is 31.7 Å². The summed E-state index contributed by atoms with van der Waals surface area (Å²) in [5, 5.41) is 6.17. The van der Waals surface area contributed by atoms with Gasteiger partial charge in [0, 0.05) is 15.8 Å². The van der Waals surface area contributed by atoms with Gasteiger partial charge in [-0.3, -0.25) is 0 Å². The molecule has 2 nitrogen and oxygen atoms in total. The lowest BCUT2D eigenvalue weighted by molar-refractivity contribution is 1.37. The number of fused-ring (bicyclic) bond motifs is 1. The van der Waals surface area contributed by atoms with Crippen LogP contribution in [0.2, 0.25) is 0 Å². The first-order valence-corrected chi connectivity index (χ1v) is 9.62. The van der Waals surface area contributed by atoms with Crippen LogP contribution in [0.15, 0.2) is 78.9 Å². The standard InChI is InChI=1S/C21H20B2N2S/c1-25(23-16-13-11-15(22)12-14-16)21-20(24-17-7-3-2-4-8-17)18-9-5-6-10-19(18)26-21/h2-14,23-24H,22H2,1H3. The molecular weight excluding hydrogens is 334 g/mol. The van der Waals surface area contributed by atoms with Crippen LogP contribution in [0.5, 0.6) is 0 Å². The third-order valence-electron chi connectivity index (χ3n) is 4.51. The van der Waals surface area contributed by atoms with Crippen LogP contribution < -0.4 is 21.1 Å². The van der Waals surface area contributed by atoms with Crippen LogP contribution in [0, 0.1) is 0 Å². The molecule has 0 saturated heterocycles. The molecule has 0 bridgehead atoms. The second kappa shape index (κ2) is 7.30. The molecule has 0 radical (unpaired) electrons. The minimum atomic E-state index is 0.885. The maximum Gasteiger partial charge on any atom is 0.270 e. The zero-order chi connectivity index (χ0) is 17.9. The molecule has 0 saturated carbocycles. The first-order chi connectivity index (χ1) is 12.7. The van der Waals surface area contributed by atoms with Gasteiger partial charge in [-0.05, 0) is 25.2 Å². The first-order valence-electron chi connectivity index (χ1n) is 8.81. The molecule has 1 heterocycles. The molecule has 1 aromatic heterocycles. The lowest BCUT2D eigenvalue weighted by Gasteiger charge is -2.19. The average molecular weight is 354 g/mol. The highest BCUT2D eigenvalue weighted by Gasteiger charge is 2.16. The zero-order valence-electron chi connectivity index (χ0n) is 15.1. The van der Waals surface area contributed by atoms with Crippen molar-refractivity contribution in [3.63, 3.8) is 0 Å². The number of hydrogen-bond acceptors (Lipinski definition) is 3. The number of para-hydroxylation sites is 1. The lowest BCUT2D eigenvalue weighted by atomic mass is 9.79. The topological polar surface area (TPSA) is 15.3 Å². The number of hydrogen-bond donors (Lipinski definition) is 1. The second-order valence-corrected chi connectivity index (χ2v) is 7.64. The molecule has 126 valence electrons. The third-order valence-corrected chi connectivity index (χ3v) is 5.79. The zero-order valence-corrected chi connectivity index (χ0v) is 15.9. The number of rotatable bonds is 5. The Balaban J connectivity index is 1.71. The predicted octanol–water partition coefficient (Wildman–Crippen LogP) is 3.02. The summed E-state index contributed by atoms with van der Waals surface area (Å²) in [5.74, 6) is 0. The molecule has 4 rings (SSSR count). The highest BCUT2D eigenvalue weighted by Crippen LogP contribution is 2.43. The molecular formula is C21H20B2N2S. The summed E-state index contributed by atoms with van der Waals surface area (Å²) in [6, 6.07) is 27.8. The van der Waals surface area contributed by atoms with Gasteiger partial charge < -0.3 is 10.1 Å². The first kappa shape index (κ1) is 16.8. The summed E-state index contributed by atoms with van der Waals surface area (Å²) >= 11 is 1.84. The fraction of sp³-hybridized carbons (Fsp3) is 0.0476. The summed E-state index contributed by atoms with van der Waals surface area (Å²) < 4.78 is 1.30. The Morgan fingerprint density at radius 2 is 1.58 bits per heavy atom. The fourth-order valence-corrected chi connectivity index (χ4v) is 4.25. The number of thiophene rings is 1. The second-order valence-electron chi connectivity index (χ2n) is 6.61. The molecule has 0 spiro atoms. The van der Waals surface area contributed by atoms with E-state index in [2.05, 4.69) is 97.8 Å². The maximum absolute atomic E-state index is 3.64. The molecule has 5 heteroatoms. The monoisotopic (exact) mass is 354 g/mol.